The van der Waals surface area contributed by atoms with Crippen molar-refractivity contribution in [3.05, 3.63) is 42.0 Å². The van der Waals surface area contributed by atoms with Crippen molar-refractivity contribution in [3.8, 4) is 0 Å². The van der Waals surface area contributed by atoms with E-state index < -0.39 is 0 Å². The number of furan rings is 1. The summed E-state index contributed by atoms with van der Waals surface area (Å²) in [5.74, 6) is 0. The number of aryl methyl sites for hydroxylation is 1. The Morgan fingerprint density at radius 2 is 1.88 bits per heavy atom. The number of rotatable bonds is 1. The van der Waals surface area contributed by atoms with Gasteiger partial charge in [0.15, 0.2) is 0 Å². The van der Waals surface area contributed by atoms with E-state index in [1.165, 1.54) is 54.4 Å². The normalized spacial score (nSPS) is 27.1. The van der Waals surface area contributed by atoms with E-state index in [2.05, 4.69) is 54.0 Å². The van der Waals surface area contributed by atoms with Gasteiger partial charge < -0.3 is 9.32 Å². The molecule has 124 valence electrons. The lowest BCUT2D eigenvalue weighted by atomic mass is 10.0. The molecule has 0 spiro atoms. The molecule has 0 saturated carbocycles. The van der Waals surface area contributed by atoms with Crippen molar-refractivity contribution in [3.63, 3.8) is 0 Å². The Morgan fingerprint density at radius 1 is 1.00 bits per heavy atom. The molecule has 3 aromatic rings. The molecule has 0 amide bonds. The Kier molecular flexibility index (Phi) is 3.14. The molecule has 2 aromatic carbocycles. The molecule has 3 aliphatic heterocycles. The molecule has 0 N–H and O–H groups in total. The summed E-state index contributed by atoms with van der Waals surface area (Å²) in [7, 11) is 0. The number of anilines is 1. The molecule has 3 unspecified atom stereocenters. The van der Waals surface area contributed by atoms with Gasteiger partial charge in [0.25, 0.3) is 0 Å². The fourth-order valence-electron chi connectivity index (χ4n) is 4.77. The van der Waals surface area contributed by atoms with Gasteiger partial charge in [-0.25, -0.2) is 0 Å². The maximum Gasteiger partial charge on any atom is 0.135 e. The van der Waals surface area contributed by atoms with Crippen molar-refractivity contribution in [2.75, 3.05) is 18.0 Å². The van der Waals surface area contributed by atoms with E-state index in [-0.39, 0.29) is 0 Å². The minimum atomic E-state index is 0.487. The summed E-state index contributed by atoms with van der Waals surface area (Å²) in [6.07, 6.45) is 4.40. The summed E-state index contributed by atoms with van der Waals surface area (Å²) in [6.45, 7) is 7.08. The fourth-order valence-corrected chi connectivity index (χ4v) is 4.77. The maximum absolute atomic E-state index is 6.06. The van der Waals surface area contributed by atoms with Gasteiger partial charge in [-0.3, -0.25) is 4.90 Å². The van der Waals surface area contributed by atoms with Crippen molar-refractivity contribution in [1.29, 1.82) is 0 Å². The Bertz CT molecular complexity index is 907. The van der Waals surface area contributed by atoms with Crippen LogP contribution in [0.1, 0.15) is 31.7 Å². The largest absolute Gasteiger partial charge is 0.456 e. The lowest BCUT2D eigenvalue weighted by Crippen LogP contribution is -2.55. The highest BCUT2D eigenvalue weighted by atomic mass is 16.3. The molecular formula is C21H24N2O. The smallest absolute Gasteiger partial charge is 0.135 e. The monoisotopic (exact) mass is 320 g/mol. The van der Waals surface area contributed by atoms with E-state index in [9.17, 15) is 0 Å². The van der Waals surface area contributed by atoms with Crippen molar-refractivity contribution in [2.24, 2.45) is 0 Å². The van der Waals surface area contributed by atoms with E-state index in [0.29, 0.717) is 12.2 Å². The van der Waals surface area contributed by atoms with E-state index in [0.717, 1.165) is 11.2 Å². The van der Waals surface area contributed by atoms with E-state index in [1.54, 1.807) is 0 Å². The molecule has 0 aliphatic carbocycles. The maximum atomic E-state index is 6.06. The van der Waals surface area contributed by atoms with Gasteiger partial charge >= 0.3 is 0 Å². The van der Waals surface area contributed by atoms with E-state index in [4.69, 9.17) is 4.42 Å². The number of nitrogens with zero attached hydrogens (tertiary/aromatic N) is 2. The topological polar surface area (TPSA) is 19.6 Å². The minimum Gasteiger partial charge on any atom is -0.456 e. The van der Waals surface area contributed by atoms with Crippen LogP contribution in [0.25, 0.3) is 21.9 Å². The van der Waals surface area contributed by atoms with Crippen LogP contribution in [-0.4, -0.2) is 30.2 Å². The number of hydrogen-bond donors (Lipinski definition) is 0. The quantitative estimate of drug-likeness (QED) is 0.635. The Balaban J connectivity index is 1.71. The molecular weight excluding hydrogens is 296 g/mol. The summed E-state index contributed by atoms with van der Waals surface area (Å²) in [5.41, 5.74) is 4.70. The summed E-state index contributed by atoms with van der Waals surface area (Å²) in [4.78, 5) is 5.31. The van der Waals surface area contributed by atoms with Gasteiger partial charge in [0, 0.05) is 35.6 Å². The number of hydrogen-bond acceptors (Lipinski definition) is 3. The zero-order chi connectivity index (χ0) is 16.3. The van der Waals surface area contributed by atoms with Crippen molar-refractivity contribution in [2.45, 2.75) is 45.3 Å². The van der Waals surface area contributed by atoms with Crippen LogP contribution in [0.2, 0.25) is 0 Å². The first-order valence-electron chi connectivity index (χ1n) is 9.16. The molecule has 3 heteroatoms. The summed E-state index contributed by atoms with van der Waals surface area (Å²) in [6, 6.07) is 13.6. The molecule has 6 rings (SSSR count). The highest BCUT2D eigenvalue weighted by Crippen LogP contribution is 2.39. The molecule has 3 atom stereocenters. The first-order valence-corrected chi connectivity index (χ1v) is 9.16. The molecule has 2 bridgehead atoms. The van der Waals surface area contributed by atoms with Gasteiger partial charge in [-0.1, -0.05) is 18.2 Å². The Morgan fingerprint density at radius 3 is 2.79 bits per heavy atom. The molecule has 3 saturated heterocycles. The average molecular weight is 320 g/mol. The lowest BCUT2D eigenvalue weighted by Gasteiger charge is -2.46. The Hall–Kier alpha value is -2.00. The predicted octanol–water partition coefficient (Wildman–Crippen LogP) is 4.91. The minimum absolute atomic E-state index is 0.487. The fraction of sp³-hybridized carbons (Fsp3) is 0.429. The summed E-state index contributed by atoms with van der Waals surface area (Å²) in [5, 5.41) is 2.47. The van der Waals surface area contributed by atoms with Crippen LogP contribution in [0.3, 0.4) is 0 Å². The first kappa shape index (κ1) is 14.4. The van der Waals surface area contributed by atoms with Crippen LogP contribution >= 0.6 is 0 Å². The SMILES string of the molecule is Cc1cc2oc3ccccc3c2cc1N1C2CCCN(CC2)C1C. The van der Waals surface area contributed by atoms with Crippen molar-refractivity contribution < 1.29 is 4.42 Å². The zero-order valence-electron chi connectivity index (χ0n) is 14.5. The van der Waals surface area contributed by atoms with E-state index >= 15 is 0 Å². The predicted molar refractivity (Wildman–Crippen MR) is 99.6 cm³/mol. The third kappa shape index (κ3) is 2.01. The lowest BCUT2D eigenvalue weighted by molar-refractivity contribution is 0.177. The molecule has 4 heterocycles. The molecule has 0 radical (unpaired) electrons. The molecule has 1 aromatic heterocycles. The molecule has 3 aliphatic rings. The number of benzene rings is 2. The summed E-state index contributed by atoms with van der Waals surface area (Å²) < 4.78 is 6.06. The first-order chi connectivity index (χ1) is 11.7. The average Bonchev–Trinajstić information content (AvgIpc) is 2.72. The molecule has 3 fully saturated rings. The molecule has 24 heavy (non-hydrogen) atoms. The van der Waals surface area contributed by atoms with Crippen LogP contribution in [0.4, 0.5) is 5.69 Å². The highest BCUT2D eigenvalue weighted by molar-refractivity contribution is 6.06. The second-order valence-corrected chi connectivity index (χ2v) is 7.39. The standard InChI is InChI=1S/C21H24N2O/c1-14-12-21-18(17-7-3-4-8-20(17)24-21)13-19(14)23-15(2)22-10-5-6-16(23)9-11-22/h3-4,7-8,12-13,15-16H,5-6,9-11H2,1-2H3. The number of fused-ring (bicyclic) bond motifs is 7. The highest BCUT2D eigenvalue weighted by Gasteiger charge is 2.36. The van der Waals surface area contributed by atoms with Gasteiger partial charge in [-0.2, -0.15) is 0 Å². The van der Waals surface area contributed by atoms with Crippen LogP contribution in [-0.2, 0) is 0 Å². The van der Waals surface area contributed by atoms with Crippen LogP contribution in [0.5, 0.6) is 0 Å². The van der Waals surface area contributed by atoms with Gasteiger partial charge in [0.1, 0.15) is 11.2 Å². The second-order valence-electron chi connectivity index (χ2n) is 7.39. The van der Waals surface area contributed by atoms with Crippen molar-refractivity contribution in [1.82, 2.24) is 4.90 Å². The summed E-state index contributed by atoms with van der Waals surface area (Å²) >= 11 is 0. The Labute approximate surface area is 142 Å². The van der Waals surface area contributed by atoms with Gasteiger partial charge in [-0.05, 0) is 56.9 Å². The van der Waals surface area contributed by atoms with Crippen LogP contribution in [0, 0.1) is 6.92 Å². The van der Waals surface area contributed by atoms with Crippen LogP contribution in [0.15, 0.2) is 40.8 Å². The van der Waals surface area contributed by atoms with Gasteiger partial charge in [-0.15, -0.1) is 0 Å². The second kappa shape index (κ2) is 5.25. The van der Waals surface area contributed by atoms with Crippen LogP contribution < -0.4 is 4.90 Å². The third-order valence-corrected chi connectivity index (χ3v) is 6.03. The zero-order valence-corrected chi connectivity index (χ0v) is 14.5. The molecule has 3 nitrogen and oxygen atoms in total. The number of para-hydroxylation sites is 1. The van der Waals surface area contributed by atoms with E-state index in [1.807, 2.05) is 6.07 Å². The van der Waals surface area contributed by atoms with Gasteiger partial charge in [0.2, 0.25) is 0 Å². The third-order valence-electron chi connectivity index (χ3n) is 6.03. The van der Waals surface area contributed by atoms with Crippen molar-refractivity contribution >= 4 is 27.6 Å². The van der Waals surface area contributed by atoms with Gasteiger partial charge in [0.05, 0.1) is 6.17 Å².